The van der Waals surface area contributed by atoms with Gasteiger partial charge in [-0.05, 0) is 17.5 Å². The van der Waals surface area contributed by atoms with Crippen molar-refractivity contribution in [3.63, 3.8) is 0 Å². The van der Waals surface area contributed by atoms with E-state index in [1.807, 2.05) is 30.3 Å². The number of nitrogens with two attached hydrogens (primary N) is 1. The summed E-state index contributed by atoms with van der Waals surface area (Å²) in [5.41, 5.74) is 7.05. The van der Waals surface area contributed by atoms with E-state index in [2.05, 4.69) is 0 Å². The van der Waals surface area contributed by atoms with Crippen LogP contribution < -0.4 is 5.73 Å². The van der Waals surface area contributed by atoms with E-state index in [0.717, 1.165) is 5.56 Å². The Labute approximate surface area is 159 Å². The molecule has 0 aliphatic carbocycles. The monoisotopic (exact) mass is 399 g/mol. The van der Waals surface area contributed by atoms with Gasteiger partial charge in [0.1, 0.15) is 0 Å². The first-order chi connectivity index (χ1) is 11.9. The fraction of sp³-hybridized carbons (Fsp3) is 0.294. The molecule has 2 aromatic carbocycles. The quantitative estimate of drug-likeness (QED) is 0.514. The molecule has 2 rings (SSSR count). The molecular formula is C17H22ClN3O4S. The van der Waals surface area contributed by atoms with Gasteiger partial charge in [-0.3, -0.25) is 10.1 Å². The Morgan fingerprint density at radius 3 is 2.12 bits per heavy atom. The van der Waals surface area contributed by atoms with Crippen LogP contribution in [0.5, 0.6) is 0 Å². The van der Waals surface area contributed by atoms with Gasteiger partial charge < -0.3 is 5.73 Å². The summed E-state index contributed by atoms with van der Waals surface area (Å²) >= 11 is 0. The summed E-state index contributed by atoms with van der Waals surface area (Å²) in [6.45, 7) is 0.812. The highest BCUT2D eigenvalue weighted by molar-refractivity contribution is 7.88. The van der Waals surface area contributed by atoms with Gasteiger partial charge in [0.25, 0.3) is 5.69 Å². The topological polar surface area (TPSA) is 107 Å². The van der Waals surface area contributed by atoms with Gasteiger partial charge in [0.2, 0.25) is 10.0 Å². The minimum Gasteiger partial charge on any atom is -0.329 e. The molecule has 0 bridgehead atoms. The van der Waals surface area contributed by atoms with Crippen LogP contribution in [0.25, 0.3) is 0 Å². The van der Waals surface area contributed by atoms with E-state index in [-0.39, 0.29) is 36.9 Å². The molecule has 2 aromatic rings. The molecule has 7 nitrogen and oxygen atoms in total. The maximum atomic E-state index is 12.7. The van der Waals surface area contributed by atoms with Crippen LogP contribution in [0, 0.1) is 10.1 Å². The molecular weight excluding hydrogens is 378 g/mol. The lowest BCUT2D eigenvalue weighted by atomic mass is 10.1. The van der Waals surface area contributed by atoms with Gasteiger partial charge in [0, 0.05) is 31.8 Å². The van der Waals surface area contributed by atoms with E-state index in [1.165, 1.54) is 28.6 Å². The third kappa shape index (κ3) is 6.38. The number of halogens is 1. The maximum Gasteiger partial charge on any atom is 0.269 e. The van der Waals surface area contributed by atoms with Crippen molar-refractivity contribution in [2.75, 3.05) is 19.6 Å². The number of nitrogens with zero attached hydrogens (tertiary/aromatic N) is 2. The first-order valence-electron chi connectivity index (χ1n) is 7.87. The summed E-state index contributed by atoms with van der Waals surface area (Å²) in [6, 6.07) is 15.2. The number of non-ortho nitro benzene ring substituents is 1. The smallest absolute Gasteiger partial charge is 0.269 e. The zero-order chi connectivity index (χ0) is 18.3. The molecule has 0 aromatic heterocycles. The summed E-state index contributed by atoms with van der Waals surface area (Å²) in [4.78, 5) is 10.2. The number of sulfonamides is 1. The van der Waals surface area contributed by atoms with Crippen LogP contribution in [0.15, 0.2) is 54.6 Å². The molecule has 0 heterocycles. The Hall–Kier alpha value is -2.00. The van der Waals surface area contributed by atoms with Gasteiger partial charge in [-0.2, -0.15) is 0 Å². The SMILES string of the molecule is Cl.NCCN(CCc1ccccc1)S(=O)(=O)Cc1ccc([N+](=O)[O-])cc1. The molecule has 142 valence electrons. The molecule has 0 saturated heterocycles. The van der Waals surface area contributed by atoms with Crippen LogP contribution in [0.2, 0.25) is 0 Å². The number of nitro groups is 1. The summed E-state index contributed by atoms with van der Waals surface area (Å²) in [7, 11) is -3.56. The van der Waals surface area contributed by atoms with E-state index in [1.54, 1.807) is 0 Å². The van der Waals surface area contributed by atoms with Crippen LogP contribution in [-0.2, 0) is 22.2 Å². The molecule has 0 saturated carbocycles. The number of rotatable bonds is 9. The summed E-state index contributed by atoms with van der Waals surface area (Å²) < 4.78 is 26.7. The predicted octanol–water partition coefficient (Wildman–Crippen LogP) is 2.35. The van der Waals surface area contributed by atoms with E-state index in [4.69, 9.17) is 5.73 Å². The van der Waals surface area contributed by atoms with Gasteiger partial charge in [-0.1, -0.05) is 42.5 Å². The van der Waals surface area contributed by atoms with Crippen LogP contribution in [0.1, 0.15) is 11.1 Å². The van der Waals surface area contributed by atoms with Crippen molar-refractivity contribution in [1.29, 1.82) is 0 Å². The van der Waals surface area contributed by atoms with Crippen molar-refractivity contribution < 1.29 is 13.3 Å². The molecule has 0 aliphatic rings. The number of hydrogen-bond donors (Lipinski definition) is 1. The highest BCUT2D eigenvalue weighted by Crippen LogP contribution is 2.16. The molecule has 0 radical (unpaired) electrons. The number of nitro benzene ring substituents is 1. The molecule has 0 fully saturated rings. The predicted molar refractivity (Wildman–Crippen MR) is 104 cm³/mol. The second-order valence-electron chi connectivity index (χ2n) is 5.60. The molecule has 0 aliphatic heterocycles. The van der Waals surface area contributed by atoms with Crippen LogP contribution in [-0.4, -0.2) is 37.3 Å². The van der Waals surface area contributed by atoms with Crippen molar-refractivity contribution in [2.45, 2.75) is 12.2 Å². The van der Waals surface area contributed by atoms with Gasteiger partial charge in [0.15, 0.2) is 0 Å². The van der Waals surface area contributed by atoms with Gasteiger partial charge >= 0.3 is 0 Å². The van der Waals surface area contributed by atoms with Crippen LogP contribution in [0.4, 0.5) is 5.69 Å². The first-order valence-corrected chi connectivity index (χ1v) is 9.48. The van der Waals surface area contributed by atoms with Gasteiger partial charge in [-0.15, -0.1) is 12.4 Å². The fourth-order valence-electron chi connectivity index (χ4n) is 2.45. The van der Waals surface area contributed by atoms with Crippen LogP contribution >= 0.6 is 12.4 Å². The fourth-order valence-corrected chi connectivity index (χ4v) is 4.00. The molecule has 2 N–H and O–H groups in total. The average Bonchev–Trinajstić information content (AvgIpc) is 2.59. The van der Waals surface area contributed by atoms with Gasteiger partial charge in [0.05, 0.1) is 10.7 Å². The molecule has 0 amide bonds. The lowest BCUT2D eigenvalue weighted by Crippen LogP contribution is -2.37. The second kappa shape index (κ2) is 10.2. The lowest BCUT2D eigenvalue weighted by Gasteiger charge is -2.21. The van der Waals surface area contributed by atoms with Crippen molar-refractivity contribution in [1.82, 2.24) is 4.31 Å². The molecule has 0 atom stereocenters. The molecule has 26 heavy (non-hydrogen) atoms. The normalized spacial score (nSPS) is 11.2. The highest BCUT2D eigenvalue weighted by atomic mass is 35.5. The Kier molecular flexibility index (Phi) is 8.67. The zero-order valence-corrected chi connectivity index (χ0v) is 15.8. The van der Waals surface area contributed by atoms with Crippen LogP contribution in [0.3, 0.4) is 0 Å². The summed E-state index contributed by atoms with van der Waals surface area (Å²) in [5.74, 6) is -0.209. The van der Waals surface area contributed by atoms with Crippen molar-refractivity contribution in [3.8, 4) is 0 Å². The van der Waals surface area contributed by atoms with E-state index in [0.29, 0.717) is 18.5 Å². The summed E-state index contributed by atoms with van der Waals surface area (Å²) in [5, 5.41) is 10.7. The zero-order valence-electron chi connectivity index (χ0n) is 14.2. The van der Waals surface area contributed by atoms with E-state index in [9.17, 15) is 18.5 Å². The standard InChI is InChI=1S/C17H21N3O4S.ClH/c18-11-13-19(12-10-15-4-2-1-3-5-15)25(23,24)14-16-6-8-17(9-7-16)20(21)22;/h1-9H,10-14,18H2;1H. The highest BCUT2D eigenvalue weighted by Gasteiger charge is 2.22. The van der Waals surface area contributed by atoms with E-state index >= 15 is 0 Å². The Morgan fingerprint density at radius 2 is 1.58 bits per heavy atom. The minimum atomic E-state index is -3.56. The maximum absolute atomic E-state index is 12.7. The Bertz CT molecular complexity index is 799. The minimum absolute atomic E-state index is 0. The number of hydrogen-bond acceptors (Lipinski definition) is 5. The second-order valence-corrected chi connectivity index (χ2v) is 7.57. The van der Waals surface area contributed by atoms with Crippen molar-refractivity contribution in [2.24, 2.45) is 5.73 Å². The molecule has 0 unspecified atom stereocenters. The van der Waals surface area contributed by atoms with Crippen molar-refractivity contribution >= 4 is 28.1 Å². The Balaban J connectivity index is 0.00000338. The van der Waals surface area contributed by atoms with Gasteiger partial charge in [-0.25, -0.2) is 12.7 Å². The lowest BCUT2D eigenvalue weighted by molar-refractivity contribution is -0.384. The van der Waals surface area contributed by atoms with E-state index < -0.39 is 14.9 Å². The van der Waals surface area contributed by atoms with Crippen molar-refractivity contribution in [3.05, 3.63) is 75.8 Å². The third-order valence-electron chi connectivity index (χ3n) is 3.76. The average molecular weight is 400 g/mol. The first kappa shape index (κ1) is 22.0. The summed E-state index contributed by atoms with van der Waals surface area (Å²) in [6.07, 6.45) is 0.598. The largest absolute Gasteiger partial charge is 0.329 e. The number of benzene rings is 2. The third-order valence-corrected chi connectivity index (χ3v) is 5.61. The molecule has 0 spiro atoms. The molecule has 9 heteroatoms. The Morgan fingerprint density at radius 1 is 0.962 bits per heavy atom.